The quantitative estimate of drug-likeness (QED) is 0.736. The lowest BCUT2D eigenvalue weighted by molar-refractivity contribution is 0.133. The molecule has 0 bridgehead atoms. The molecule has 0 radical (unpaired) electrons. The first-order valence-corrected chi connectivity index (χ1v) is 6.35. The van der Waals surface area contributed by atoms with Gasteiger partial charge in [0.1, 0.15) is 5.15 Å². The van der Waals surface area contributed by atoms with Gasteiger partial charge in [0.25, 0.3) is 0 Å². The molecule has 1 aliphatic heterocycles. The number of aromatic nitrogens is 1. The molecular formula is C13H19ClN2. The number of hydrogen-bond donors (Lipinski definition) is 0. The van der Waals surface area contributed by atoms with Crippen LogP contribution in [0.3, 0.4) is 0 Å². The summed E-state index contributed by atoms with van der Waals surface area (Å²) >= 11 is 5.89. The second kappa shape index (κ2) is 5.15. The molecule has 1 saturated heterocycles. The van der Waals surface area contributed by atoms with Gasteiger partial charge in [-0.15, -0.1) is 0 Å². The van der Waals surface area contributed by atoms with E-state index in [2.05, 4.69) is 29.8 Å². The van der Waals surface area contributed by atoms with Crippen molar-refractivity contribution in [1.82, 2.24) is 9.88 Å². The standard InChI is InChI=1S/C13H19ClN2/c1-10-6-11(2)8-16(7-10)9-12-4-3-5-13(14)15-12/h3-5,10-11H,6-9H2,1-2H3. The monoisotopic (exact) mass is 238 g/mol. The summed E-state index contributed by atoms with van der Waals surface area (Å²) in [5.74, 6) is 1.59. The van der Waals surface area contributed by atoms with Gasteiger partial charge in [0.15, 0.2) is 0 Å². The molecule has 0 amide bonds. The highest BCUT2D eigenvalue weighted by Gasteiger charge is 2.21. The predicted octanol–water partition coefficient (Wildman–Crippen LogP) is 3.21. The first-order valence-electron chi connectivity index (χ1n) is 5.97. The van der Waals surface area contributed by atoms with Crippen LogP contribution in [-0.2, 0) is 6.54 Å². The lowest BCUT2D eigenvalue weighted by atomic mass is 9.92. The maximum absolute atomic E-state index is 5.89. The number of pyridine rings is 1. The number of halogens is 1. The molecule has 2 heterocycles. The van der Waals surface area contributed by atoms with Gasteiger partial charge in [0.05, 0.1) is 5.69 Å². The molecule has 0 saturated carbocycles. The molecule has 0 N–H and O–H groups in total. The maximum atomic E-state index is 5.89. The van der Waals surface area contributed by atoms with Gasteiger partial charge in [0, 0.05) is 19.6 Å². The Kier molecular flexibility index (Phi) is 3.82. The zero-order valence-corrected chi connectivity index (χ0v) is 10.7. The minimum absolute atomic E-state index is 0.593. The summed E-state index contributed by atoms with van der Waals surface area (Å²) in [5.41, 5.74) is 1.08. The summed E-state index contributed by atoms with van der Waals surface area (Å²) in [6.45, 7) is 7.94. The highest BCUT2D eigenvalue weighted by Crippen LogP contribution is 2.22. The molecular weight excluding hydrogens is 220 g/mol. The van der Waals surface area contributed by atoms with Crippen LogP contribution >= 0.6 is 11.6 Å². The van der Waals surface area contributed by atoms with Crippen molar-refractivity contribution in [3.05, 3.63) is 29.0 Å². The SMILES string of the molecule is CC1CC(C)CN(Cc2cccc(Cl)n2)C1. The summed E-state index contributed by atoms with van der Waals surface area (Å²) in [4.78, 5) is 6.82. The maximum Gasteiger partial charge on any atom is 0.129 e. The third-order valence-electron chi connectivity index (χ3n) is 3.10. The Balaban J connectivity index is 1.98. The third kappa shape index (κ3) is 3.19. The van der Waals surface area contributed by atoms with Gasteiger partial charge in [-0.3, -0.25) is 4.90 Å². The van der Waals surface area contributed by atoms with Crippen molar-refractivity contribution < 1.29 is 0 Å². The molecule has 1 fully saturated rings. The minimum atomic E-state index is 0.593. The molecule has 1 aromatic rings. The van der Waals surface area contributed by atoms with E-state index in [9.17, 15) is 0 Å². The Morgan fingerprint density at radius 3 is 2.62 bits per heavy atom. The summed E-state index contributed by atoms with van der Waals surface area (Å²) in [7, 11) is 0. The first kappa shape index (κ1) is 11.9. The van der Waals surface area contributed by atoms with E-state index in [1.54, 1.807) is 0 Å². The normalized spacial score (nSPS) is 26.9. The van der Waals surface area contributed by atoms with E-state index in [4.69, 9.17) is 11.6 Å². The van der Waals surface area contributed by atoms with Crippen molar-refractivity contribution in [3.8, 4) is 0 Å². The molecule has 1 aromatic heterocycles. The molecule has 16 heavy (non-hydrogen) atoms. The number of rotatable bonds is 2. The van der Waals surface area contributed by atoms with Crippen LogP contribution in [-0.4, -0.2) is 23.0 Å². The Morgan fingerprint density at radius 2 is 2.00 bits per heavy atom. The van der Waals surface area contributed by atoms with Crippen molar-refractivity contribution in [2.45, 2.75) is 26.8 Å². The molecule has 2 atom stereocenters. The molecule has 2 rings (SSSR count). The molecule has 2 unspecified atom stereocenters. The number of likely N-dealkylation sites (tertiary alicyclic amines) is 1. The first-order chi connectivity index (χ1) is 7.63. The molecule has 2 nitrogen and oxygen atoms in total. The molecule has 3 heteroatoms. The van der Waals surface area contributed by atoms with Crippen molar-refractivity contribution in [3.63, 3.8) is 0 Å². The Bertz CT molecular complexity index is 344. The molecule has 1 aliphatic rings. The largest absolute Gasteiger partial charge is 0.297 e. The summed E-state index contributed by atoms with van der Waals surface area (Å²) in [5, 5.41) is 0.593. The van der Waals surface area contributed by atoms with E-state index in [1.165, 1.54) is 19.5 Å². The van der Waals surface area contributed by atoms with Crippen LogP contribution in [0.2, 0.25) is 5.15 Å². The van der Waals surface area contributed by atoms with E-state index < -0.39 is 0 Å². The van der Waals surface area contributed by atoms with Gasteiger partial charge in [-0.1, -0.05) is 31.5 Å². The lowest BCUT2D eigenvalue weighted by Crippen LogP contribution is -2.38. The van der Waals surface area contributed by atoms with Crippen LogP contribution in [0.5, 0.6) is 0 Å². The van der Waals surface area contributed by atoms with E-state index in [-0.39, 0.29) is 0 Å². The fourth-order valence-electron chi connectivity index (χ4n) is 2.69. The number of hydrogen-bond acceptors (Lipinski definition) is 2. The summed E-state index contributed by atoms with van der Waals surface area (Å²) < 4.78 is 0. The molecule has 88 valence electrons. The van der Waals surface area contributed by atoms with Crippen molar-refractivity contribution >= 4 is 11.6 Å². The Hall–Kier alpha value is -0.600. The third-order valence-corrected chi connectivity index (χ3v) is 3.31. The fraction of sp³-hybridized carbons (Fsp3) is 0.615. The van der Waals surface area contributed by atoms with Crippen LogP contribution in [0.25, 0.3) is 0 Å². The highest BCUT2D eigenvalue weighted by atomic mass is 35.5. The second-order valence-electron chi connectivity index (χ2n) is 5.09. The van der Waals surface area contributed by atoms with Gasteiger partial charge < -0.3 is 0 Å². The average Bonchev–Trinajstić information content (AvgIpc) is 2.15. The smallest absolute Gasteiger partial charge is 0.129 e. The second-order valence-corrected chi connectivity index (χ2v) is 5.48. The van der Waals surface area contributed by atoms with Gasteiger partial charge in [0.2, 0.25) is 0 Å². The van der Waals surface area contributed by atoms with Crippen molar-refractivity contribution in [2.24, 2.45) is 11.8 Å². The van der Waals surface area contributed by atoms with Gasteiger partial charge in [-0.2, -0.15) is 0 Å². The van der Waals surface area contributed by atoms with Crippen LogP contribution in [0.15, 0.2) is 18.2 Å². The van der Waals surface area contributed by atoms with Crippen LogP contribution in [0.1, 0.15) is 26.0 Å². The topological polar surface area (TPSA) is 16.1 Å². The van der Waals surface area contributed by atoms with Crippen LogP contribution < -0.4 is 0 Å². The van der Waals surface area contributed by atoms with Crippen molar-refractivity contribution in [1.29, 1.82) is 0 Å². The van der Waals surface area contributed by atoms with E-state index >= 15 is 0 Å². The molecule has 0 aromatic carbocycles. The van der Waals surface area contributed by atoms with Gasteiger partial charge in [-0.25, -0.2) is 4.98 Å². The minimum Gasteiger partial charge on any atom is -0.297 e. The average molecular weight is 239 g/mol. The highest BCUT2D eigenvalue weighted by molar-refractivity contribution is 6.29. The number of nitrogens with zero attached hydrogens (tertiary/aromatic N) is 2. The van der Waals surface area contributed by atoms with Crippen LogP contribution in [0.4, 0.5) is 0 Å². The Morgan fingerprint density at radius 1 is 1.31 bits per heavy atom. The zero-order valence-electron chi connectivity index (χ0n) is 9.99. The predicted molar refractivity (Wildman–Crippen MR) is 67.5 cm³/mol. The fourth-order valence-corrected chi connectivity index (χ4v) is 2.87. The van der Waals surface area contributed by atoms with E-state index in [0.717, 1.165) is 24.1 Å². The lowest BCUT2D eigenvalue weighted by Gasteiger charge is -2.34. The van der Waals surface area contributed by atoms with E-state index in [0.29, 0.717) is 5.15 Å². The van der Waals surface area contributed by atoms with Gasteiger partial charge in [-0.05, 0) is 30.4 Å². The molecule has 0 spiro atoms. The zero-order chi connectivity index (χ0) is 11.5. The van der Waals surface area contributed by atoms with Gasteiger partial charge >= 0.3 is 0 Å². The molecule has 0 aliphatic carbocycles. The Labute approximate surface area is 103 Å². The van der Waals surface area contributed by atoms with E-state index in [1.807, 2.05) is 12.1 Å². The van der Waals surface area contributed by atoms with Crippen LogP contribution in [0, 0.1) is 11.8 Å². The summed E-state index contributed by atoms with van der Waals surface area (Å²) in [6, 6.07) is 5.85. The number of piperidine rings is 1. The summed E-state index contributed by atoms with van der Waals surface area (Å²) in [6.07, 6.45) is 1.35. The van der Waals surface area contributed by atoms with Crippen molar-refractivity contribution in [2.75, 3.05) is 13.1 Å².